The summed E-state index contributed by atoms with van der Waals surface area (Å²) in [6, 6.07) is 6.81. The van der Waals surface area contributed by atoms with Gasteiger partial charge in [-0.2, -0.15) is 0 Å². The van der Waals surface area contributed by atoms with Crippen LogP contribution in [0.4, 0.5) is 0 Å². The van der Waals surface area contributed by atoms with Gasteiger partial charge in [-0.3, -0.25) is 14.4 Å². The van der Waals surface area contributed by atoms with Gasteiger partial charge in [0.05, 0.1) is 0 Å². The fourth-order valence-electron chi connectivity index (χ4n) is 2.63. The van der Waals surface area contributed by atoms with Crippen LogP contribution in [0.15, 0.2) is 24.3 Å². The van der Waals surface area contributed by atoms with Crippen molar-refractivity contribution >= 4 is 17.6 Å². The van der Waals surface area contributed by atoms with Crippen molar-refractivity contribution in [1.82, 2.24) is 10.2 Å². The fraction of sp³-hybridized carbons (Fsp3) is 0.438. The van der Waals surface area contributed by atoms with Crippen LogP contribution in [0, 0.1) is 0 Å². The van der Waals surface area contributed by atoms with Gasteiger partial charge in [-0.15, -0.1) is 0 Å². The maximum Gasteiger partial charge on any atom is 0.290 e. The van der Waals surface area contributed by atoms with E-state index in [0.717, 1.165) is 11.1 Å². The first-order valence-electron chi connectivity index (χ1n) is 7.11. The standard InChI is InChI=1S/C16H20N2O3/c1-10(2)17-15(20)14-13-7-5-4-6-12(13)8-9-18(14)16(21)11(3)19/h4-7,10,14H,8-9H2,1-3H3,(H,17,20). The highest BCUT2D eigenvalue weighted by atomic mass is 16.2. The summed E-state index contributed by atoms with van der Waals surface area (Å²) in [4.78, 5) is 37.4. The Morgan fingerprint density at radius 2 is 1.90 bits per heavy atom. The number of rotatable bonds is 3. The molecule has 1 aromatic carbocycles. The van der Waals surface area contributed by atoms with Crippen LogP contribution in [-0.4, -0.2) is 35.1 Å². The van der Waals surface area contributed by atoms with Crippen molar-refractivity contribution in [3.05, 3.63) is 35.4 Å². The second kappa shape index (κ2) is 6.08. The molecule has 1 unspecified atom stereocenters. The Kier molecular flexibility index (Phi) is 4.40. The van der Waals surface area contributed by atoms with Crippen LogP contribution in [-0.2, 0) is 20.8 Å². The lowest BCUT2D eigenvalue weighted by molar-refractivity contribution is -0.148. The zero-order valence-corrected chi connectivity index (χ0v) is 12.6. The summed E-state index contributed by atoms with van der Waals surface area (Å²) in [5.41, 5.74) is 1.85. The second-order valence-corrected chi connectivity index (χ2v) is 5.57. The lowest BCUT2D eigenvalue weighted by atomic mass is 9.91. The van der Waals surface area contributed by atoms with Gasteiger partial charge in [0.1, 0.15) is 6.04 Å². The number of amides is 2. The summed E-state index contributed by atoms with van der Waals surface area (Å²) in [6.07, 6.45) is 0.653. The molecule has 0 aliphatic carbocycles. The van der Waals surface area contributed by atoms with Gasteiger partial charge in [0.2, 0.25) is 11.7 Å². The van der Waals surface area contributed by atoms with Crippen LogP contribution in [0.3, 0.4) is 0 Å². The molecule has 1 aromatic rings. The summed E-state index contributed by atoms with van der Waals surface area (Å²) >= 11 is 0. The maximum absolute atomic E-state index is 12.5. The molecule has 0 aromatic heterocycles. The number of carbonyl (C=O) groups is 3. The number of fused-ring (bicyclic) bond motifs is 1. The van der Waals surface area contributed by atoms with Gasteiger partial charge in [-0.25, -0.2) is 0 Å². The predicted molar refractivity (Wildman–Crippen MR) is 78.6 cm³/mol. The summed E-state index contributed by atoms with van der Waals surface area (Å²) in [7, 11) is 0. The Morgan fingerprint density at radius 3 is 2.52 bits per heavy atom. The molecule has 112 valence electrons. The number of nitrogens with one attached hydrogen (secondary N) is 1. The minimum Gasteiger partial charge on any atom is -0.352 e. The molecular weight excluding hydrogens is 268 g/mol. The molecule has 0 saturated heterocycles. The SMILES string of the molecule is CC(=O)C(=O)N1CCc2ccccc2C1C(=O)NC(C)C. The fourth-order valence-corrected chi connectivity index (χ4v) is 2.63. The molecule has 0 bridgehead atoms. The normalized spacial score (nSPS) is 17.3. The molecule has 1 aliphatic heterocycles. The second-order valence-electron chi connectivity index (χ2n) is 5.57. The maximum atomic E-state index is 12.5. The number of hydrogen-bond donors (Lipinski definition) is 1. The largest absolute Gasteiger partial charge is 0.352 e. The lowest BCUT2D eigenvalue weighted by Crippen LogP contribution is -2.50. The molecule has 1 heterocycles. The van der Waals surface area contributed by atoms with Crippen LogP contribution in [0.25, 0.3) is 0 Å². The van der Waals surface area contributed by atoms with E-state index in [1.165, 1.54) is 11.8 Å². The molecule has 0 radical (unpaired) electrons. The van der Waals surface area contributed by atoms with Gasteiger partial charge in [-0.1, -0.05) is 24.3 Å². The highest BCUT2D eigenvalue weighted by Crippen LogP contribution is 2.30. The summed E-state index contributed by atoms with van der Waals surface area (Å²) in [5, 5.41) is 2.83. The van der Waals surface area contributed by atoms with Crippen LogP contribution in [0.5, 0.6) is 0 Å². The van der Waals surface area contributed by atoms with E-state index in [1.807, 2.05) is 38.1 Å². The molecule has 0 spiro atoms. The van der Waals surface area contributed by atoms with E-state index in [4.69, 9.17) is 0 Å². The van der Waals surface area contributed by atoms with Crippen molar-refractivity contribution in [3.63, 3.8) is 0 Å². The van der Waals surface area contributed by atoms with E-state index >= 15 is 0 Å². The number of benzene rings is 1. The van der Waals surface area contributed by atoms with E-state index in [0.29, 0.717) is 13.0 Å². The van der Waals surface area contributed by atoms with E-state index in [1.54, 1.807) is 0 Å². The van der Waals surface area contributed by atoms with E-state index in [9.17, 15) is 14.4 Å². The molecule has 5 heteroatoms. The first-order chi connectivity index (χ1) is 9.91. The van der Waals surface area contributed by atoms with Gasteiger partial charge < -0.3 is 10.2 Å². The number of ketones is 1. The lowest BCUT2D eigenvalue weighted by Gasteiger charge is -2.36. The average Bonchev–Trinajstić information content (AvgIpc) is 2.44. The first-order valence-corrected chi connectivity index (χ1v) is 7.11. The van der Waals surface area contributed by atoms with Crippen molar-refractivity contribution in [3.8, 4) is 0 Å². The quantitative estimate of drug-likeness (QED) is 0.851. The zero-order chi connectivity index (χ0) is 15.6. The molecule has 5 nitrogen and oxygen atoms in total. The molecule has 2 rings (SSSR count). The summed E-state index contributed by atoms with van der Waals surface area (Å²) in [5.74, 6) is -1.39. The number of hydrogen-bond acceptors (Lipinski definition) is 3. The van der Waals surface area contributed by atoms with E-state index in [2.05, 4.69) is 5.32 Å². The Labute approximate surface area is 124 Å². The van der Waals surface area contributed by atoms with Crippen molar-refractivity contribution in [2.75, 3.05) is 6.54 Å². The number of carbonyl (C=O) groups excluding carboxylic acids is 3. The Bertz CT molecular complexity index is 581. The van der Waals surface area contributed by atoms with Crippen molar-refractivity contribution in [1.29, 1.82) is 0 Å². The molecule has 1 N–H and O–H groups in total. The zero-order valence-electron chi connectivity index (χ0n) is 12.6. The molecule has 21 heavy (non-hydrogen) atoms. The van der Waals surface area contributed by atoms with Crippen LogP contribution in [0.2, 0.25) is 0 Å². The predicted octanol–water partition coefficient (Wildman–Crippen LogP) is 1.23. The number of nitrogens with zero attached hydrogens (tertiary/aromatic N) is 1. The highest BCUT2D eigenvalue weighted by Gasteiger charge is 2.37. The smallest absolute Gasteiger partial charge is 0.290 e. The average molecular weight is 288 g/mol. The van der Waals surface area contributed by atoms with Crippen LogP contribution < -0.4 is 5.32 Å². The van der Waals surface area contributed by atoms with Gasteiger partial charge in [0.25, 0.3) is 5.91 Å². The monoisotopic (exact) mass is 288 g/mol. The van der Waals surface area contributed by atoms with Gasteiger partial charge in [-0.05, 0) is 31.4 Å². The molecule has 1 aliphatic rings. The molecule has 0 fully saturated rings. The first kappa shape index (κ1) is 15.2. The summed E-state index contributed by atoms with van der Waals surface area (Å²) < 4.78 is 0. The van der Waals surface area contributed by atoms with Crippen LogP contribution in [0.1, 0.15) is 37.9 Å². The van der Waals surface area contributed by atoms with Gasteiger partial charge in [0, 0.05) is 19.5 Å². The number of Topliss-reactive ketones (excluding diaryl/α,β-unsaturated/α-hetero) is 1. The minimum absolute atomic E-state index is 0.0270. The topological polar surface area (TPSA) is 66.5 Å². The summed E-state index contributed by atoms with van der Waals surface area (Å²) in [6.45, 7) is 5.35. The van der Waals surface area contributed by atoms with Crippen molar-refractivity contribution in [2.24, 2.45) is 0 Å². The third-order valence-corrected chi connectivity index (χ3v) is 3.52. The molecular formula is C16H20N2O3. The molecule has 2 amide bonds. The minimum atomic E-state index is -0.728. The highest BCUT2D eigenvalue weighted by molar-refractivity contribution is 6.35. The third-order valence-electron chi connectivity index (χ3n) is 3.52. The van der Waals surface area contributed by atoms with Crippen molar-refractivity contribution in [2.45, 2.75) is 39.3 Å². The van der Waals surface area contributed by atoms with E-state index < -0.39 is 17.7 Å². The molecule has 0 saturated carbocycles. The Hall–Kier alpha value is -2.17. The van der Waals surface area contributed by atoms with Crippen LogP contribution >= 0.6 is 0 Å². The third kappa shape index (κ3) is 3.12. The molecule has 1 atom stereocenters. The van der Waals surface area contributed by atoms with E-state index in [-0.39, 0.29) is 11.9 Å². The van der Waals surface area contributed by atoms with Gasteiger partial charge in [0.15, 0.2) is 0 Å². The van der Waals surface area contributed by atoms with Gasteiger partial charge >= 0.3 is 0 Å². The Morgan fingerprint density at radius 1 is 1.24 bits per heavy atom. The Balaban J connectivity index is 2.41. The van der Waals surface area contributed by atoms with Crippen molar-refractivity contribution < 1.29 is 14.4 Å².